The van der Waals surface area contributed by atoms with Gasteiger partial charge in [0.05, 0.1) is 5.75 Å². The van der Waals surface area contributed by atoms with E-state index in [9.17, 15) is 13.2 Å². The Kier molecular flexibility index (Phi) is 5.62. The summed E-state index contributed by atoms with van der Waals surface area (Å²) in [5, 5.41) is 0. The molecule has 1 fully saturated rings. The van der Waals surface area contributed by atoms with Crippen molar-refractivity contribution in [2.45, 2.75) is 32.6 Å². The molecule has 0 spiro atoms. The summed E-state index contributed by atoms with van der Waals surface area (Å²) in [6.07, 6.45) is 1.45. The summed E-state index contributed by atoms with van der Waals surface area (Å²) < 4.78 is 23.6. The molecule has 0 radical (unpaired) electrons. The summed E-state index contributed by atoms with van der Waals surface area (Å²) >= 11 is 0. The highest BCUT2D eigenvalue weighted by Crippen LogP contribution is 2.32. The van der Waals surface area contributed by atoms with Gasteiger partial charge in [0.1, 0.15) is 5.75 Å². The fraction of sp³-hybridized carbons (Fsp3) is 0.588. The first-order valence-corrected chi connectivity index (χ1v) is 9.78. The Labute approximate surface area is 133 Å². The van der Waals surface area contributed by atoms with Gasteiger partial charge < -0.3 is 4.90 Å². The van der Waals surface area contributed by atoms with Crippen molar-refractivity contribution in [2.24, 2.45) is 5.92 Å². The molecule has 22 heavy (non-hydrogen) atoms. The van der Waals surface area contributed by atoms with Crippen molar-refractivity contribution in [3.63, 3.8) is 0 Å². The van der Waals surface area contributed by atoms with Crippen molar-refractivity contribution in [2.75, 3.05) is 24.6 Å². The highest BCUT2D eigenvalue weighted by Gasteiger charge is 2.31. The number of piperidine rings is 1. The normalized spacial score (nSPS) is 22.5. The lowest BCUT2D eigenvalue weighted by Gasteiger charge is -2.37. The van der Waals surface area contributed by atoms with Crippen molar-refractivity contribution in [3.8, 4) is 0 Å². The third-order valence-electron chi connectivity index (χ3n) is 4.34. The number of sulfone groups is 1. The summed E-state index contributed by atoms with van der Waals surface area (Å²) in [7, 11) is -3.25. The molecule has 0 N–H and O–H groups in total. The van der Waals surface area contributed by atoms with Crippen molar-refractivity contribution >= 4 is 15.7 Å². The molecule has 2 atom stereocenters. The summed E-state index contributed by atoms with van der Waals surface area (Å²) in [6.45, 7) is 5.23. The molecule has 122 valence electrons. The Morgan fingerprint density at radius 3 is 2.55 bits per heavy atom. The molecule has 1 aliphatic rings. The van der Waals surface area contributed by atoms with E-state index in [0.29, 0.717) is 31.3 Å². The van der Waals surface area contributed by atoms with Gasteiger partial charge in [-0.2, -0.15) is 0 Å². The Balaban J connectivity index is 1.97. The maximum atomic E-state index is 12.2. The molecule has 1 aromatic rings. The van der Waals surface area contributed by atoms with Crippen LogP contribution >= 0.6 is 0 Å². The molecular weight excluding hydrogens is 298 g/mol. The van der Waals surface area contributed by atoms with Crippen LogP contribution in [0.1, 0.15) is 38.2 Å². The second-order valence-electron chi connectivity index (χ2n) is 6.21. The van der Waals surface area contributed by atoms with E-state index in [0.717, 1.165) is 6.42 Å². The number of hydrogen-bond donors (Lipinski definition) is 0. The number of benzene rings is 1. The molecule has 4 nitrogen and oxygen atoms in total. The molecule has 1 heterocycles. The zero-order chi connectivity index (χ0) is 16.2. The van der Waals surface area contributed by atoms with Crippen LogP contribution in [0.4, 0.5) is 0 Å². The minimum Gasteiger partial charge on any atom is -0.342 e. The first kappa shape index (κ1) is 17.0. The number of hydrogen-bond acceptors (Lipinski definition) is 3. The molecular formula is C17H25NO3S. The maximum absolute atomic E-state index is 12.2. The van der Waals surface area contributed by atoms with E-state index in [-0.39, 0.29) is 17.4 Å². The number of carbonyl (C=O) groups is 1. The quantitative estimate of drug-likeness (QED) is 0.836. The first-order chi connectivity index (χ1) is 10.4. The SMILES string of the molecule is CCCS(=O)(=O)CC(=O)N1CC[C@@H](c2ccccc2)[C@@H](C)C1. The smallest absolute Gasteiger partial charge is 0.237 e. The van der Waals surface area contributed by atoms with E-state index >= 15 is 0 Å². The second kappa shape index (κ2) is 7.27. The molecule has 0 bridgehead atoms. The van der Waals surface area contributed by atoms with Gasteiger partial charge in [0.25, 0.3) is 0 Å². The van der Waals surface area contributed by atoms with Crippen LogP contribution in [0, 0.1) is 5.92 Å². The summed E-state index contributed by atoms with van der Waals surface area (Å²) in [6, 6.07) is 10.3. The van der Waals surface area contributed by atoms with Gasteiger partial charge in [-0.1, -0.05) is 44.2 Å². The Morgan fingerprint density at radius 1 is 1.27 bits per heavy atom. The number of nitrogens with zero attached hydrogens (tertiary/aromatic N) is 1. The number of likely N-dealkylation sites (tertiary alicyclic amines) is 1. The highest BCUT2D eigenvalue weighted by molar-refractivity contribution is 7.92. The number of carbonyl (C=O) groups excluding carboxylic acids is 1. The molecule has 1 saturated heterocycles. The lowest BCUT2D eigenvalue weighted by molar-refractivity contribution is -0.130. The van der Waals surface area contributed by atoms with E-state index in [2.05, 4.69) is 19.1 Å². The number of rotatable bonds is 5. The zero-order valence-electron chi connectivity index (χ0n) is 13.4. The standard InChI is InChI=1S/C17H25NO3S/c1-3-11-22(20,21)13-17(19)18-10-9-16(14(2)12-18)15-7-5-4-6-8-15/h4-8,14,16H,3,9-13H2,1-2H3/t14-,16+/m0/s1. The highest BCUT2D eigenvalue weighted by atomic mass is 32.2. The zero-order valence-corrected chi connectivity index (χ0v) is 14.2. The van der Waals surface area contributed by atoms with Crippen LogP contribution in [0.3, 0.4) is 0 Å². The average Bonchev–Trinajstić information content (AvgIpc) is 2.47. The van der Waals surface area contributed by atoms with Crippen LogP contribution in [0.25, 0.3) is 0 Å². The third-order valence-corrected chi connectivity index (χ3v) is 6.06. The van der Waals surface area contributed by atoms with E-state index in [4.69, 9.17) is 0 Å². The van der Waals surface area contributed by atoms with E-state index in [1.165, 1.54) is 5.56 Å². The van der Waals surface area contributed by atoms with Gasteiger partial charge in [-0.25, -0.2) is 8.42 Å². The van der Waals surface area contributed by atoms with E-state index in [1.54, 1.807) is 4.90 Å². The van der Waals surface area contributed by atoms with Crippen molar-refractivity contribution in [3.05, 3.63) is 35.9 Å². The van der Waals surface area contributed by atoms with Gasteiger partial charge in [-0.3, -0.25) is 4.79 Å². The monoisotopic (exact) mass is 323 g/mol. The Bertz CT molecular complexity index is 598. The fourth-order valence-electron chi connectivity index (χ4n) is 3.23. The maximum Gasteiger partial charge on any atom is 0.237 e. The van der Waals surface area contributed by atoms with Gasteiger partial charge in [-0.15, -0.1) is 0 Å². The minimum absolute atomic E-state index is 0.0920. The first-order valence-electron chi connectivity index (χ1n) is 7.96. The predicted octanol–water partition coefficient (Wildman–Crippen LogP) is 2.46. The molecule has 1 aliphatic heterocycles. The molecule has 5 heteroatoms. The molecule has 2 rings (SSSR count). The van der Waals surface area contributed by atoms with Crippen LogP contribution in [0.5, 0.6) is 0 Å². The van der Waals surface area contributed by atoms with E-state index in [1.807, 2.05) is 25.1 Å². The van der Waals surface area contributed by atoms with Gasteiger partial charge in [0.2, 0.25) is 5.91 Å². The largest absolute Gasteiger partial charge is 0.342 e. The van der Waals surface area contributed by atoms with Crippen molar-refractivity contribution in [1.82, 2.24) is 4.90 Å². The van der Waals surface area contributed by atoms with Crippen LogP contribution < -0.4 is 0 Å². The van der Waals surface area contributed by atoms with Crippen LogP contribution in [0.2, 0.25) is 0 Å². The van der Waals surface area contributed by atoms with Crippen molar-refractivity contribution < 1.29 is 13.2 Å². The molecule has 0 aliphatic carbocycles. The summed E-state index contributed by atoms with van der Waals surface area (Å²) in [5.74, 6) is 0.288. The van der Waals surface area contributed by atoms with Gasteiger partial charge in [0, 0.05) is 13.1 Å². The third kappa shape index (κ3) is 4.32. The lowest BCUT2D eigenvalue weighted by Crippen LogP contribution is -2.44. The second-order valence-corrected chi connectivity index (χ2v) is 8.40. The summed E-state index contributed by atoms with van der Waals surface area (Å²) in [5.41, 5.74) is 1.31. The fourth-order valence-corrected chi connectivity index (χ4v) is 4.56. The van der Waals surface area contributed by atoms with Crippen LogP contribution in [0.15, 0.2) is 30.3 Å². The Morgan fingerprint density at radius 2 is 1.95 bits per heavy atom. The lowest BCUT2D eigenvalue weighted by atomic mass is 9.81. The summed E-state index contributed by atoms with van der Waals surface area (Å²) in [4.78, 5) is 13.9. The molecule has 0 saturated carbocycles. The van der Waals surface area contributed by atoms with E-state index < -0.39 is 9.84 Å². The average molecular weight is 323 g/mol. The van der Waals surface area contributed by atoms with Gasteiger partial charge in [0.15, 0.2) is 9.84 Å². The minimum atomic E-state index is -3.25. The molecule has 0 unspecified atom stereocenters. The predicted molar refractivity (Wildman–Crippen MR) is 88.5 cm³/mol. The van der Waals surface area contributed by atoms with Gasteiger partial charge in [-0.05, 0) is 30.2 Å². The molecule has 1 aromatic carbocycles. The van der Waals surface area contributed by atoms with Gasteiger partial charge >= 0.3 is 0 Å². The van der Waals surface area contributed by atoms with Crippen LogP contribution in [-0.2, 0) is 14.6 Å². The Hall–Kier alpha value is -1.36. The topological polar surface area (TPSA) is 54.5 Å². The molecule has 0 aromatic heterocycles. The van der Waals surface area contributed by atoms with Crippen LogP contribution in [-0.4, -0.2) is 43.8 Å². The molecule has 1 amide bonds. The number of amides is 1. The van der Waals surface area contributed by atoms with Crippen molar-refractivity contribution in [1.29, 1.82) is 0 Å².